The van der Waals surface area contributed by atoms with Gasteiger partial charge in [0.05, 0.1) is 33.7 Å². The number of carbonyl (C=O) groups excluding carboxylic acids is 2. The molecule has 10 nitrogen and oxygen atoms in total. The number of pyridine rings is 1. The third-order valence-corrected chi connectivity index (χ3v) is 9.52. The molecule has 0 bridgehead atoms. The van der Waals surface area contributed by atoms with Crippen molar-refractivity contribution < 1.29 is 27.9 Å². The Kier molecular flexibility index (Phi) is 10.2. The predicted octanol–water partition coefficient (Wildman–Crippen LogP) is 6.18. The van der Waals surface area contributed by atoms with E-state index in [9.17, 15) is 18.0 Å². The van der Waals surface area contributed by atoms with Crippen LogP contribution in [0.25, 0.3) is 10.9 Å². The van der Waals surface area contributed by atoms with Crippen LogP contribution in [0.5, 0.6) is 5.75 Å². The zero-order chi connectivity index (χ0) is 33.6. The second kappa shape index (κ2) is 14.4. The lowest BCUT2D eigenvalue weighted by Crippen LogP contribution is -2.15. The summed E-state index contributed by atoms with van der Waals surface area (Å²) in [5, 5.41) is 15.4. The maximum atomic E-state index is 14.0. The van der Waals surface area contributed by atoms with Crippen LogP contribution < -0.4 is 21.1 Å². The lowest BCUT2D eigenvalue weighted by atomic mass is 10.1. The van der Waals surface area contributed by atoms with Crippen LogP contribution in [-0.4, -0.2) is 44.0 Å². The van der Waals surface area contributed by atoms with Gasteiger partial charge >= 0.3 is 0 Å². The van der Waals surface area contributed by atoms with Crippen molar-refractivity contribution >= 4 is 49.6 Å². The van der Waals surface area contributed by atoms with Gasteiger partial charge in [-0.1, -0.05) is 30.7 Å². The molecule has 0 saturated carbocycles. The number of primary amides is 1. The van der Waals surface area contributed by atoms with Crippen molar-refractivity contribution in [2.45, 2.75) is 42.4 Å². The fourth-order valence-electron chi connectivity index (χ4n) is 5.29. The van der Waals surface area contributed by atoms with E-state index in [1.54, 1.807) is 37.3 Å². The second-order valence-corrected chi connectivity index (χ2v) is 13.1. The maximum absolute atomic E-state index is 14.0. The van der Waals surface area contributed by atoms with E-state index in [-0.39, 0.29) is 27.5 Å². The van der Waals surface area contributed by atoms with E-state index in [4.69, 9.17) is 15.6 Å². The number of sulfone groups is 1. The minimum atomic E-state index is -4.12. The molecule has 0 aliphatic rings. The minimum Gasteiger partial charge on any atom is -0.497 e. The highest BCUT2D eigenvalue weighted by atomic mass is 32.2. The Morgan fingerprint density at radius 2 is 1.66 bits per heavy atom. The maximum Gasteiger partial charge on any atom is 0.255 e. The second-order valence-electron chi connectivity index (χ2n) is 11.1. The molecule has 0 saturated heterocycles. The molecule has 1 aromatic heterocycles. The van der Waals surface area contributed by atoms with E-state index in [0.29, 0.717) is 39.3 Å². The summed E-state index contributed by atoms with van der Waals surface area (Å²) < 4.78 is 33.3. The van der Waals surface area contributed by atoms with Crippen molar-refractivity contribution in [1.82, 2.24) is 4.98 Å². The molecule has 0 aliphatic heterocycles. The molecule has 1 heterocycles. The number of methoxy groups -OCH3 is 1. The van der Waals surface area contributed by atoms with Gasteiger partial charge in [-0.2, -0.15) is 0 Å². The van der Waals surface area contributed by atoms with Crippen molar-refractivity contribution in [3.63, 3.8) is 0 Å². The van der Waals surface area contributed by atoms with E-state index >= 15 is 0 Å². The number of aryl methyl sites for hydroxylation is 2. The topological polar surface area (TPSA) is 161 Å². The summed E-state index contributed by atoms with van der Waals surface area (Å²) in [6, 6.07) is 23.4. The lowest BCUT2D eigenvalue weighted by Gasteiger charge is -2.16. The summed E-state index contributed by atoms with van der Waals surface area (Å²) in [6.07, 6.45) is 4.93. The molecule has 0 radical (unpaired) electrons. The Morgan fingerprint density at radius 1 is 0.894 bits per heavy atom. The number of nitrogens with zero attached hydrogens (tertiary/aromatic N) is 1. The SMILES string of the molecule is COc1cccc(Nc2c(C(N)=O)cnc3c(C)cc(S(=O)(=O)c4cccc(C(=O)Nc5ccc(CCCCCO)cc5)c4)cc23)c1. The van der Waals surface area contributed by atoms with Crippen LogP contribution in [0.3, 0.4) is 0 Å². The minimum absolute atomic E-state index is 0.0354. The van der Waals surface area contributed by atoms with E-state index in [0.717, 1.165) is 31.2 Å². The Bertz CT molecular complexity index is 2050. The molecular formula is C36H36N4O6S. The molecule has 242 valence electrons. The zero-order valence-corrected chi connectivity index (χ0v) is 26.9. The van der Waals surface area contributed by atoms with E-state index in [1.165, 1.54) is 43.6 Å². The molecule has 0 aliphatic carbocycles. The average molecular weight is 653 g/mol. The van der Waals surface area contributed by atoms with Crippen molar-refractivity contribution in [3.05, 3.63) is 113 Å². The number of anilines is 3. The number of nitrogens with one attached hydrogen (secondary N) is 2. The molecule has 0 spiro atoms. The average Bonchev–Trinajstić information content (AvgIpc) is 3.07. The summed E-state index contributed by atoms with van der Waals surface area (Å²) in [4.78, 5) is 29.9. The Balaban J connectivity index is 1.45. The summed E-state index contributed by atoms with van der Waals surface area (Å²) in [5.74, 6) is -0.603. The van der Waals surface area contributed by atoms with Crippen molar-refractivity contribution in [1.29, 1.82) is 0 Å². The fraction of sp³-hybridized carbons (Fsp3) is 0.194. The van der Waals surface area contributed by atoms with Crippen molar-refractivity contribution in [3.8, 4) is 5.75 Å². The summed E-state index contributed by atoms with van der Waals surface area (Å²) in [6.45, 7) is 1.92. The van der Waals surface area contributed by atoms with Crippen molar-refractivity contribution in [2.24, 2.45) is 5.73 Å². The number of hydrogen-bond donors (Lipinski definition) is 4. The number of aliphatic hydroxyl groups is 1. The molecule has 0 unspecified atom stereocenters. The van der Waals surface area contributed by atoms with Gasteiger partial charge in [0.25, 0.3) is 11.8 Å². The van der Waals surface area contributed by atoms with E-state index < -0.39 is 21.7 Å². The molecule has 11 heteroatoms. The van der Waals surface area contributed by atoms with Crippen molar-refractivity contribution in [2.75, 3.05) is 24.4 Å². The molecule has 5 N–H and O–H groups in total. The van der Waals surface area contributed by atoms with Gasteiger partial charge in [0.1, 0.15) is 5.75 Å². The van der Waals surface area contributed by atoms with E-state index in [2.05, 4.69) is 15.6 Å². The highest BCUT2D eigenvalue weighted by molar-refractivity contribution is 7.91. The first kappa shape index (κ1) is 33.1. The molecule has 0 fully saturated rings. The smallest absolute Gasteiger partial charge is 0.255 e. The normalized spacial score (nSPS) is 11.3. The molecule has 0 atom stereocenters. The van der Waals surface area contributed by atoms with Gasteiger partial charge in [-0.3, -0.25) is 14.6 Å². The first-order valence-electron chi connectivity index (χ1n) is 15.1. The van der Waals surface area contributed by atoms with Crippen LogP contribution in [0.4, 0.5) is 17.1 Å². The van der Waals surface area contributed by atoms with Crippen LogP contribution in [0.1, 0.15) is 51.1 Å². The largest absolute Gasteiger partial charge is 0.497 e. The standard InChI is InChI=1S/C36H36N4O6S/c1-23-18-30(21-31-33(23)38-22-32(35(37)42)34(31)39-27-10-7-11-28(20-27)46-2)47(44,45)29-12-6-9-25(19-29)36(43)40-26-15-13-24(14-16-26)8-4-3-5-17-41/h6-7,9-16,18-22,41H,3-5,8,17H2,1-2H3,(H2,37,42)(H,38,39)(H,40,43). The van der Waals surface area contributed by atoms with Gasteiger partial charge in [-0.05, 0) is 91.9 Å². The number of amides is 2. The first-order valence-corrected chi connectivity index (χ1v) is 16.6. The Morgan fingerprint density at radius 3 is 2.38 bits per heavy atom. The van der Waals surface area contributed by atoms with E-state index in [1.807, 2.05) is 24.3 Å². The molecule has 5 aromatic rings. The quantitative estimate of drug-likeness (QED) is 0.110. The van der Waals surface area contributed by atoms with Crippen LogP contribution in [0.2, 0.25) is 0 Å². The number of aromatic nitrogens is 1. The molecule has 2 amide bonds. The number of ether oxygens (including phenoxy) is 1. The number of fused-ring (bicyclic) bond motifs is 1. The zero-order valence-electron chi connectivity index (χ0n) is 26.1. The Labute approximate surface area is 273 Å². The van der Waals surface area contributed by atoms with Gasteiger partial charge in [0.2, 0.25) is 9.84 Å². The number of aliphatic hydroxyl groups excluding tert-OH is 1. The third kappa shape index (κ3) is 7.59. The number of nitrogens with two attached hydrogens (primary N) is 1. The van der Waals surface area contributed by atoms with Crippen LogP contribution in [0.15, 0.2) is 101 Å². The first-order chi connectivity index (χ1) is 22.6. The predicted molar refractivity (Wildman–Crippen MR) is 182 cm³/mol. The number of hydrogen-bond acceptors (Lipinski definition) is 8. The fourth-order valence-corrected chi connectivity index (χ4v) is 6.70. The molecule has 47 heavy (non-hydrogen) atoms. The van der Waals surface area contributed by atoms with Gasteiger partial charge in [0, 0.05) is 41.2 Å². The number of benzene rings is 4. The number of unbranched alkanes of at least 4 members (excludes halogenated alkanes) is 2. The molecular weight excluding hydrogens is 616 g/mol. The summed E-state index contributed by atoms with van der Waals surface area (Å²) in [5.41, 5.74) is 9.62. The van der Waals surface area contributed by atoms with Crippen LogP contribution in [0, 0.1) is 6.92 Å². The van der Waals surface area contributed by atoms with Gasteiger partial charge in [-0.25, -0.2) is 8.42 Å². The lowest BCUT2D eigenvalue weighted by molar-refractivity contribution is 0.0998. The number of carbonyl (C=O) groups is 2. The van der Waals surface area contributed by atoms with Gasteiger partial charge in [-0.15, -0.1) is 0 Å². The highest BCUT2D eigenvalue weighted by Gasteiger charge is 2.23. The Hall–Kier alpha value is -5.26. The summed E-state index contributed by atoms with van der Waals surface area (Å²) in [7, 11) is -2.58. The van der Waals surface area contributed by atoms with Crippen LogP contribution in [-0.2, 0) is 16.3 Å². The molecule has 5 rings (SSSR count). The highest BCUT2D eigenvalue weighted by Crippen LogP contribution is 2.35. The number of rotatable bonds is 13. The monoisotopic (exact) mass is 652 g/mol. The van der Waals surface area contributed by atoms with Crippen LogP contribution >= 0.6 is 0 Å². The van der Waals surface area contributed by atoms with Gasteiger partial charge in [0.15, 0.2) is 0 Å². The molecule has 4 aromatic carbocycles. The van der Waals surface area contributed by atoms with Gasteiger partial charge < -0.3 is 26.2 Å². The third-order valence-electron chi connectivity index (χ3n) is 7.79. The summed E-state index contributed by atoms with van der Waals surface area (Å²) >= 11 is 0.